The lowest BCUT2D eigenvalue weighted by Crippen LogP contribution is -2.36. The third kappa shape index (κ3) is 1.64. The van der Waals surface area contributed by atoms with Gasteiger partial charge in [-0.25, -0.2) is 18.7 Å². The fourth-order valence-electron chi connectivity index (χ4n) is 2.18. The zero-order valence-electron chi connectivity index (χ0n) is 10.0. The molecule has 2 heterocycles. The first kappa shape index (κ1) is 12.1. The van der Waals surface area contributed by atoms with Crippen LogP contribution in [0.4, 0.5) is 13.2 Å². The van der Waals surface area contributed by atoms with E-state index >= 15 is 0 Å². The van der Waals surface area contributed by atoms with Crippen molar-refractivity contribution in [3.05, 3.63) is 34.4 Å². The maximum absolute atomic E-state index is 14.0. The molecule has 0 aromatic carbocycles. The molecule has 1 aliphatic rings. The highest BCUT2D eigenvalue weighted by Crippen LogP contribution is 2.47. The first-order valence-electron chi connectivity index (χ1n) is 5.79. The number of nitrogens with zero attached hydrogens (tertiary/aromatic N) is 3. The summed E-state index contributed by atoms with van der Waals surface area (Å²) in [6.45, 7) is 1.56. The van der Waals surface area contributed by atoms with Gasteiger partial charge in [0.05, 0.1) is 0 Å². The number of alkyl halides is 2. The number of hydrogen-bond acceptors (Lipinski definition) is 3. The minimum Gasteiger partial charge on any atom is -0.300 e. The molecule has 0 atom stereocenters. The van der Waals surface area contributed by atoms with Crippen molar-refractivity contribution in [2.24, 2.45) is 0 Å². The molecule has 19 heavy (non-hydrogen) atoms. The van der Waals surface area contributed by atoms with Gasteiger partial charge in [0.25, 0.3) is 12.0 Å². The van der Waals surface area contributed by atoms with Crippen LogP contribution in [0.3, 0.4) is 0 Å². The van der Waals surface area contributed by atoms with Crippen molar-refractivity contribution < 1.29 is 13.2 Å². The molecule has 1 saturated carbocycles. The molecule has 0 saturated heterocycles. The van der Waals surface area contributed by atoms with E-state index in [0.29, 0.717) is 5.82 Å². The van der Waals surface area contributed by atoms with E-state index in [4.69, 9.17) is 0 Å². The average Bonchev–Trinajstić information content (AvgIpc) is 3.16. The smallest absolute Gasteiger partial charge is 0.289 e. The zero-order chi connectivity index (χ0) is 13.8. The summed E-state index contributed by atoms with van der Waals surface area (Å²) in [6, 6.07) is 0. The van der Waals surface area contributed by atoms with Crippen LogP contribution in [0.1, 0.15) is 18.7 Å². The number of hydrogen-bond donors (Lipinski definition) is 0. The van der Waals surface area contributed by atoms with E-state index in [1.54, 1.807) is 6.92 Å². The third-order valence-corrected chi connectivity index (χ3v) is 3.47. The lowest BCUT2D eigenvalue weighted by molar-refractivity contribution is 0.0648. The molecular weight excluding hydrogens is 259 g/mol. The monoisotopic (exact) mass is 269 g/mol. The summed E-state index contributed by atoms with van der Waals surface area (Å²) in [4.78, 5) is 19.6. The second-order valence-electron chi connectivity index (χ2n) is 4.74. The van der Waals surface area contributed by atoms with Gasteiger partial charge in [-0.05, 0) is 19.8 Å². The van der Waals surface area contributed by atoms with Crippen molar-refractivity contribution in [2.75, 3.05) is 0 Å². The van der Waals surface area contributed by atoms with E-state index in [-0.39, 0.29) is 23.7 Å². The standard InChI is InChI=1S/C12H10F3N3O/c1-6-16-4-7-5-18(12(2-3-12)11(14)15)10(19)8(13)9(7)17-6/h4-5,11H,2-3H2,1H3. The van der Waals surface area contributed by atoms with Crippen LogP contribution in [-0.2, 0) is 5.54 Å². The van der Waals surface area contributed by atoms with Crippen molar-refractivity contribution in [3.63, 3.8) is 0 Å². The van der Waals surface area contributed by atoms with Gasteiger partial charge < -0.3 is 4.57 Å². The van der Waals surface area contributed by atoms with Crippen molar-refractivity contribution in [3.8, 4) is 0 Å². The highest BCUT2D eigenvalue weighted by Gasteiger charge is 2.53. The predicted octanol–water partition coefficient (Wildman–Crippen LogP) is 1.99. The van der Waals surface area contributed by atoms with Gasteiger partial charge >= 0.3 is 0 Å². The Labute approximate surface area is 105 Å². The Bertz CT molecular complexity index is 722. The van der Waals surface area contributed by atoms with Crippen molar-refractivity contribution in [1.29, 1.82) is 0 Å². The Morgan fingerprint density at radius 1 is 1.42 bits per heavy atom. The molecule has 2 aromatic heterocycles. The van der Waals surface area contributed by atoms with E-state index in [1.807, 2.05) is 0 Å². The summed E-state index contributed by atoms with van der Waals surface area (Å²) in [5.41, 5.74) is -2.74. The molecule has 0 spiro atoms. The normalized spacial score (nSPS) is 17.1. The molecule has 1 aliphatic carbocycles. The summed E-state index contributed by atoms with van der Waals surface area (Å²) in [7, 11) is 0. The third-order valence-electron chi connectivity index (χ3n) is 3.47. The first-order chi connectivity index (χ1) is 8.95. The fourth-order valence-corrected chi connectivity index (χ4v) is 2.18. The van der Waals surface area contributed by atoms with Crippen LogP contribution < -0.4 is 5.56 Å². The molecule has 1 fully saturated rings. The Hall–Kier alpha value is -1.92. The lowest BCUT2D eigenvalue weighted by Gasteiger charge is -2.18. The van der Waals surface area contributed by atoms with Crippen LogP contribution in [0, 0.1) is 12.7 Å². The van der Waals surface area contributed by atoms with Crippen LogP contribution in [0.2, 0.25) is 0 Å². The van der Waals surface area contributed by atoms with E-state index in [1.165, 1.54) is 12.4 Å². The maximum Gasteiger partial charge on any atom is 0.289 e. The van der Waals surface area contributed by atoms with Crippen LogP contribution in [-0.4, -0.2) is 21.0 Å². The van der Waals surface area contributed by atoms with Crippen LogP contribution in [0.5, 0.6) is 0 Å². The Kier molecular flexibility index (Phi) is 2.42. The fraction of sp³-hybridized carbons (Fsp3) is 0.417. The van der Waals surface area contributed by atoms with Crippen LogP contribution >= 0.6 is 0 Å². The molecule has 7 heteroatoms. The number of fused-ring (bicyclic) bond motifs is 1. The highest BCUT2D eigenvalue weighted by molar-refractivity contribution is 5.77. The summed E-state index contributed by atoms with van der Waals surface area (Å²) in [5.74, 6) is -0.784. The number of halogens is 3. The topological polar surface area (TPSA) is 47.8 Å². The van der Waals surface area contributed by atoms with Crippen LogP contribution in [0.15, 0.2) is 17.2 Å². The van der Waals surface area contributed by atoms with Gasteiger partial charge in [0.1, 0.15) is 16.9 Å². The van der Waals surface area contributed by atoms with Crippen molar-refractivity contribution in [1.82, 2.24) is 14.5 Å². The van der Waals surface area contributed by atoms with Gasteiger partial charge in [0.15, 0.2) is 0 Å². The van der Waals surface area contributed by atoms with Crippen molar-refractivity contribution in [2.45, 2.75) is 31.7 Å². The number of aryl methyl sites for hydroxylation is 1. The molecule has 3 rings (SSSR count). The summed E-state index contributed by atoms with van der Waals surface area (Å²) in [5, 5.41) is 0.245. The molecule has 0 aliphatic heterocycles. The molecule has 0 unspecified atom stereocenters. The van der Waals surface area contributed by atoms with E-state index in [0.717, 1.165) is 4.57 Å². The SMILES string of the molecule is Cc1ncc2cn(C3(C(F)F)CC3)c(=O)c(F)c2n1. The van der Waals surface area contributed by atoms with Gasteiger partial charge in [-0.15, -0.1) is 0 Å². The Morgan fingerprint density at radius 2 is 2.11 bits per heavy atom. The molecule has 0 N–H and O–H groups in total. The summed E-state index contributed by atoms with van der Waals surface area (Å²) >= 11 is 0. The molecule has 0 amide bonds. The summed E-state index contributed by atoms with van der Waals surface area (Å²) in [6.07, 6.45) is 0.190. The quantitative estimate of drug-likeness (QED) is 0.837. The molecule has 2 aromatic rings. The second kappa shape index (κ2) is 3.79. The van der Waals surface area contributed by atoms with Gasteiger partial charge in [-0.1, -0.05) is 0 Å². The first-order valence-corrected chi connectivity index (χ1v) is 5.79. The second-order valence-corrected chi connectivity index (χ2v) is 4.74. The highest BCUT2D eigenvalue weighted by atomic mass is 19.3. The minimum absolute atomic E-state index is 0.126. The molecule has 4 nitrogen and oxygen atoms in total. The van der Waals surface area contributed by atoms with Gasteiger partial charge in [0, 0.05) is 17.8 Å². The molecule has 0 radical (unpaired) electrons. The maximum atomic E-state index is 14.0. The zero-order valence-corrected chi connectivity index (χ0v) is 10.0. The van der Waals surface area contributed by atoms with E-state index in [2.05, 4.69) is 9.97 Å². The molecular formula is C12H10F3N3O. The van der Waals surface area contributed by atoms with Crippen LogP contribution in [0.25, 0.3) is 10.9 Å². The Balaban J connectivity index is 2.32. The van der Waals surface area contributed by atoms with Crippen molar-refractivity contribution >= 4 is 10.9 Å². The van der Waals surface area contributed by atoms with Gasteiger partial charge in [-0.2, -0.15) is 4.39 Å². The lowest BCUT2D eigenvalue weighted by atomic mass is 10.2. The predicted molar refractivity (Wildman–Crippen MR) is 61.7 cm³/mol. The number of rotatable bonds is 2. The number of pyridine rings is 1. The average molecular weight is 269 g/mol. The van der Waals surface area contributed by atoms with Gasteiger partial charge in [0.2, 0.25) is 5.82 Å². The largest absolute Gasteiger partial charge is 0.300 e. The summed E-state index contributed by atoms with van der Waals surface area (Å²) < 4.78 is 40.8. The van der Waals surface area contributed by atoms with Gasteiger partial charge in [-0.3, -0.25) is 4.79 Å². The Morgan fingerprint density at radius 3 is 2.68 bits per heavy atom. The molecule has 0 bridgehead atoms. The van der Waals surface area contributed by atoms with E-state index in [9.17, 15) is 18.0 Å². The van der Waals surface area contributed by atoms with E-state index < -0.39 is 23.3 Å². The number of aromatic nitrogens is 3. The molecule has 100 valence electrons. The minimum atomic E-state index is -2.70.